The summed E-state index contributed by atoms with van der Waals surface area (Å²) in [6.45, 7) is 12.2. The standard InChI is InChI=1S/C16H31N/c1-5-10-17-16(12-13(3)6-2)15-9-7-8-14(4)11-15/h14-17H,3,5-12H2,1-2,4H3. The lowest BCUT2D eigenvalue weighted by Crippen LogP contribution is -2.39. The molecule has 1 aliphatic carbocycles. The highest BCUT2D eigenvalue weighted by atomic mass is 14.9. The normalized spacial score (nSPS) is 26.8. The molecule has 0 spiro atoms. The Morgan fingerprint density at radius 3 is 2.71 bits per heavy atom. The average molecular weight is 237 g/mol. The quantitative estimate of drug-likeness (QED) is 0.641. The molecule has 1 rings (SSSR count). The van der Waals surface area contributed by atoms with Gasteiger partial charge in [0.2, 0.25) is 0 Å². The summed E-state index contributed by atoms with van der Waals surface area (Å²) in [6, 6.07) is 0.685. The molecule has 1 heteroatoms. The number of nitrogens with one attached hydrogen (secondary N) is 1. The van der Waals surface area contributed by atoms with Crippen molar-refractivity contribution in [2.24, 2.45) is 11.8 Å². The smallest absolute Gasteiger partial charge is 0.0132 e. The maximum absolute atomic E-state index is 4.19. The van der Waals surface area contributed by atoms with E-state index < -0.39 is 0 Å². The highest BCUT2D eigenvalue weighted by Gasteiger charge is 2.26. The van der Waals surface area contributed by atoms with Gasteiger partial charge in [0.05, 0.1) is 0 Å². The van der Waals surface area contributed by atoms with Gasteiger partial charge in [0.25, 0.3) is 0 Å². The molecular weight excluding hydrogens is 206 g/mol. The first-order chi connectivity index (χ1) is 8.17. The number of hydrogen-bond donors (Lipinski definition) is 1. The molecule has 0 aromatic carbocycles. The fourth-order valence-corrected chi connectivity index (χ4v) is 3.04. The van der Waals surface area contributed by atoms with Crippen LogP contribution in [0.15, 0.2) is 12.2 Å². The maximum Gasteiger partial charge on any atom is 0.0132 e. The molecular formula is C16H31N. The van der Waals surface area contributed by atoms with Crippen LogP contribution in [-0.2, 0) is 0 Å². The molecule has 3 unspecified atom stereocenters. The van der Waals surface area contributed by atoms with Gasteiger partial charge in [-0.3, -0.25) is 0 Å². The zero-order chi connectivity index (χ0) is 12.7. The summed E-state index contributed by atoms with van der Waals surface area (Å²) in [7, 11) is 0. The second kappa shape index (κ2) is 7.92. The van der Waals surface area contributed by atoms with Crippen molar-refractivity contribution in [3.63, 3.8) is 0 Å². The molecule has 0 amide bonds. The van der Waals surface area contributed by atoms with Gasteiger partial charge in [-0.25, -0.2) is 0 Å². The van der Waals surface area contributed by atoms with E-state index in [1.165, 1.54) is 44.1 Å². The first-order valence-corrected chi connectivity index (χ1v) is 7.57. The fourth-order valence-electron chi connectivity index (χ4n) is 3.04. The Labute approximate surface area is 108 Å². The van der Waals surface area contributed by atoms with Gasteiger partial charge in [-0.15, -0.1) is 0 Å². The van der Waals surface area contributed by atoms with Gasteiger partial charge in [0, 0.05) is 6.04 Å². The minimum Gasteiger partial charge on any atom is -0.313 e. The molecule has 1 saturated carbocycles. The number of rotatable bonds is 7. The molecule has 17 heavy (non-hydrogen) atoms. The van der Waals surface area contributed by atoms with Crippen LogP contribution in [0.25, 0.3) is 0 Å². The van der Waals surface area contributed by atoms with E-state index in [1.807, 2.05) is 0 Å². The molecule has 0 heterocycles. The molecule has 0 aliphatic heterocycles. The second-order valence-electron chi connectivity index (χ2n) is 5.90. The summed E-state index contributed by atoms with van der Waals surface area (Å²) in [5.74, 6) is 1.81. The Balaban J connectivity index is 2.50. The number of hydrogen-bond acceptors (Lipinski definition) is 1. The first kappa shape index (κ1) is 14.8. The third kappa shape index (κ3) is 5.25. The van der Waals surface area contributed by atoms with E-state index in [1.54, 1.807) is 0 Å². The van der Waals surface area contributed by atoms with E-state index in [0.29, 0.717) is 6.04 Å². The van der Waals surface area contributed by atoms with Gasteiger partial charge in [0.1, 0.15) is 0 Å². The lowest BCUT2D eigenvalue weighted by molar-refractivity contribution is 0.220. The van der Waals surface area contributed by atoms with E-state index in [4.69, 9.17) is 0 Å². The molecule has 1 fully saturated rings. The molecule has 0 saturated heterocycles. The Morgan fingerprint density at radius 1 is 1.35 bits per heavy atom. The van der Waals surface area contributed by atoms with Gasteiger partial charge in [-0.1, -0.05) is 45.8 Å². The predicted molar refractivity (Wildman–Crippen MR) is 77.3 cm³/mol. The second-order valence-corrected chi connectivity index (χ2v) is 5.90. The Bertz CT molecular complexity index is 222. The van der Waals surface area contributed by atoms with Gasteiger partial charge >= 0.3 is 0 Å². The summed E-state index contributed by atoms with van der Waals surface area (Å²) >= 11 is 0. The summed E-state index contributed by atoms with van der Waals surface area (Å²) in [4.78, 5) is 0. The minimum atomic E-state index is 0.685. The van der Waals surface area contributed by atoms with Crippen molar-refractivity contribution >= 4 is 0 Å². The summed E-state index contributed by atoms with van der Waals surface area (Å²) in [5, 5.41) is 3.76. The maximum atomic E-state index is 4.19. The molecule has 0 aromatic heterocycles. The Kier molecular flexibility index (Phi) is 6.87. The monoisotopic (exact) mass is 237 g/mol. The molecule has 1 N–H and O–H groups in total. The first-order valence-electron chi connectivity index (χ1n) is 7.57. The third-order valence-electron chi connectivity index (χ3n) is 4.21. The van der Waals surface area contributed by atoms with Gasteiger partial charge in [0.15, 0.2) is 0 Å². The van der Waals surface area contributed by atoms with Crippen molar-refractivity contribution in [3.05, 3.63) is 12.2 Å². The lowest BCUT2D eigenvalue weighted by Gasteiger charge is -2.34. The van der Waals surface area contributed by atoms with Crippen molar-refractivity contribution in [2.75, 3.05) is 6.54 Å². The highest BCUT2D eigenvalue weighted by Crippen LogP contribution is 2.32. The van der Waals surface area contributed by atoms with E-state index in [9.17, 15) is 0 Å². The van der Waals surface area contributed by atoms with Crippen LogP contribution in [0.1, 0.15) is 65.7 Å². The SMILES string of the molecule is C=C(CC)CC(NCCC)C1CCCC(C)C1. The molecule has 3 atom stereocenters. The van der Waals surface area contributed by atoms with Crippen LogP contribution in [0.3, 0.4) is 0 Å². The molecule has 100 valence electrons. The van der Waals surface area contributed by atoms with Crippen LogP contribution in [0, 0.1) is 11.8 Å². The largest absolute Gasteiger partial charge is 0.313 e. The van der Waals surface area contributed by atoms with Crippen molar-refractivity contribution in [1.82, 2.24) is 5.32 Å². The van der Waals surface area contributed by atoms with Crippen molar-refractivity contribution in [3.8, 4) is 0 Å². The topological polar surface area (TPSA) is 12.0 Å². The van der Waals surface area contributed by atoms with Crippen LogP contribution >= 0.6 is 0 Å². The van der Waals surface area contributed by atoms with Gasteiger partial charge in [-0.2, -0.15) is 0 Å². The van der Waals surface area contributed by atoms with E-state index >= 15 is 0 Å². The van der Waals surface area contributed by atoms with Crippen molar-refractivity contribution < 1.29 is 0 Å². The summed E-state index contributed by atoms with van der Waals surface area (Å²) in [5.41, 5.74) is 1.41. The average Bonchev–Trinajstić information content (AvgIpc) is 2.34. The predicted octanol–water partition coefficient (Wildman–Crippen LogP) is 4.54. The molecule has 1 aliphatic rings. The summed E-state index contributed by atoms with van der Waals surface area (Å²) < 4.78 is 0. The van der Waals surface area contributed by atoms with Crippen LogP contribution in [0.5, 0.6) is 0 Å². The van der Waals surface area contributed by atoms with E-state index in [-0.39, 0.29) is 0 Å². The fraction of sp³-hybridized carbons (Fsp3) is 0.875. The highest BCUT2D eigenvalue weighted by molar-refractivity contribution is 4.98. The Morgan fingerprint density at radius 2 is 2.12 bits per heavy atom. The van der Waals surface area contributed by atoms with Crippen molar-refractivity contribution in [2.45, 2.75) is 71.8 Å². The third-order valence-corrected chi connectivity index (χ3v) is 4.21. The van der Waals surface area contributed by atoms with Crippen LogP contribution in [-0.4, -0.2) is 12.6 Å². The van der Waals surface area contributed by atoms with Crippen LogP contribution in [0.4, 0.5) is 0 Å². The van der Waals surface area contributed by atoms with Crippen molar-refractivity contribution in [1.29, 1.82) is 0 Å². The lowest BCUT2D eigenvalue weighted by atomic mass is 9.77. The van der Waals surface area contributed by atoms with E-state index in [2.05, 4.69) is 32.7 Å². The molecule has 1 nitrogen and oxygen atoms in total. The van der Waals surface area contributed by atoms with Crippen LogP contribution in [0.2, 0.25) is 0 Å². The van der Waals surface area contributed by atoms with Crippen LogP contribution < -0.4 is 5.32 Å². The van der Waals surface area contributed by atoms with Gasteiger partial charge < -0.3 is 5.32 Å². The zero-order valence-corrected chi connectivity index (χ0v) is 12.1. The minimum absolute atomic E-state index is 0.685. The molecule has 0 bridgehead atoms. The zero-order valence-electron chi connectivity index (χ0n) is 12.1. The molecule has 0 aromatic rings. The Hall–Kier alpha value is -0.300. The van der Waals surface area contributed by atoms with Gasteiger partial charge in [-0.05, 0) is 50.5 Å². The summed E-state index contributed by atoms with van der Waals surface area (Å²) in [6.07, 6.45) is 9.25. The molecule has 0 radical (unpaired) electrons. The van der Waals surface area contributed by atoms with E-state index in [0.717, 1.165) is 24.8 Å².